The number of nitrogens with one attached hydrogen (secondary N) is 1. The van der Waals surface area contributed by atoms with E-state index in [-0.39, 0.29) is 17.8 Å². The second-order valence-electron chi connectivity index (χ2n) is 8.46. The second kappa shape index (κ2) is 11.2. The summed E-state index contributed by atoms with van der Waals surface area (Å²) in [6.45, 7) is 0.822. The highest BCUT2D eigenvalue weighted by atomic mass is 35.5. The van der Waals surface area contributed by atoms with Gasteiger partial charge < -0.3 is 24.1 Å². The lowest BCUT2D eigenvalue weighted by atomic mass is 10.0. The van der Waals surface area contributed by atoms with Crippen LogP contribution in [-0.4, -0.2) is 35.3 Å². The Morgan fingerprint density at radius 2 is 1.95 bits per heavy atom. The smallest absolute Gasteiger partial charge is 0.269 e. The molecule has 0 radical (unpaired) electrons. The average molecular weight is 551 g/mol. The molecule has 1 aliphatic heterocycles. The molecule has 0 aliphatic carbocycles. The standard InChI is InChI=1S/C27H23ClN4O5S/c1-35-14-15-36-23-10-9-19(16-20(23)28)31-26(25(30-27(31)38)21-4-2-3-13-29-21)24-12-11-22(37-24)17-5-7-18(8-6-17)32(33)34/h2-13,16,25-26H,14-15H2,1H3,(H,30,38)/t25-,26+/m0/s1. The van der Waals surface area contributed by atoms with E-state index in [1.165, 1.54) is 12.1 Å². The van der Waals surface area contributed by atoms with E-state index in [9.17, 15) is 10.1 Å². The number of hydrogen-bond donors (Lipinski definition) is 1. The number of nitrogens with zero attached hydrogens (tertiary/aromatic N) is 3. The van der Waals surface area contributed by atoms with Crippen LogP contribution in [0.1, 0.15) is 23.5 Å². The zero-order valence-corrected chi connectivity index (χ0v) is 21.8. The Morgan fingerprint density at radius 3 is 2.63 bits per heavy atom. The lowest BCUT2D eigenvalue weighted by molar-refractivity contribution is -0.384. The third kappa shape index (κ3) is 5.19. The van der Waals surface area contributed by atoms with Gasteiger partial charge in [0.25, 0.3) is 5.69 Å². The van der Waals surface area contributed by atoms with E-state index >= 15 is 0 Å². The van der Waals surface area contributed by atoms with Gasteiger partial charge in [-0.05, 0) is 66.8 Å². The number of methoxy groups -OCH3 is 1. The van der Waals surface area contributed by atoms with Crippen molar-refractivity contribution in [2.24, 2.45) is 0 Å². The number of nitro benzene ring substituents is 1. The molecule has 1 aliphatic rings. The minimum atomic E-state index is -0.434. The molecule has 2 aromatic heterocycles. The van der Waals surface area contributed by atoms with Crippen molar-refractivity contribution in [1.29, 1.82) is 0 Å². The first-order valence-corrected chi connectivity index (χ1v) is 12.5. The predicted octanol–water partition coefficient (Wildman–Crippen LogP) is 6.11. The first-order chi connectivity index (χ1) is 18.5. The van der Waals surface area contributed by atoms with E-state index < -0.39 is 4.92 Å². The topological polar surface area (TPSA) is 103 Å². The van der Waals surface area contributed by atoms with Gasteiger partial charge in [-0.25, -0.2) is 0 Å². The number of ether oxygens (including phenoxy) is 2. The number of nitro groups is 1. The van der Waals surface area contributed by atoms with Crippen LogP contribution >= 0.6 is 23.8 Å². The summed E-state index contributed by atoms with van der Waals surface area (Å²) >= 11 is 12.3. The summed E-state index contributed by atoms with van der Waals surface area (Å²) in [5.41, 5.74) is 2.28. The molecule has 9 nitrogen and oxygen atoms in total. The van der Waals surface area contributed by atoms with Crippen LogP contribution in [0, 0.1) is 10.1 Å². The highest BCUT2D eigenvalue weighted by Crippen LogP contribution is 2.44. The van der Waals surface area contributed by atoms with Crippen LogP contribution < -0.4 is 15.0 Å². The average Bonchev–Trinajstić information content (AvgIpc) is 3.55. The van der Waals surface area contributed by atoms with E-state index in [1.807, 2.05) is 41.3 Å². The number of furan rings is 1. The lowest BCUT2D eigenvalue weighted by Gasteiger charge is -2.26. The highest BCUT2D eigenvalue weighted by molar-refractivity contribution is 7.80. The molecule has 2 atom stereocenters. The molecule has 3 heterocycles. The Labute approximate surface area is 229 Å². The maximum atomic E-state index is 11.0. The molecule has 1 fully saturated rings. The number of halogens is 1. The molecule has 4 aromatic rings. The van der Waals surface area contributed by atoms with Gasteiger partial charge in [0.05, 0.1) is 28.3 Å². The quantitative estimate of drug-likeness (QED) is 0.114. The molecule has 0 spiro atoms. The summed E-state index contributed by atoms with van der Waals surface area (Å²) in [7, 11) is 1.61. The summed E-state index contributed by atoms with van der Waals surface area (Å²) in [5, 5.41) is 15.3. The molecule has 1 N–H and O–H groups in total. The fraction of sp³-hybridized carbons (Fsp3) is 0.185. The molecule has 11 heteroatoms. The Balaban J connectivity index is 1.51. The van der Waals surface area contributed by atoms with Gasteiger partial charge in [0, 0.05) is 36.7 Å². The number of non-ortho nitro benzene ring substituents is 1. The normalized spacial score (nSPS) is 16.9. The summed E-state index contributed by atoms with van der Waals surface area (Å²) in [6, 6.07) is 20.4. The monoisotopic (exact) mass is 550 g/mol. The van der Waals surface area contributed by atoms with Crippen LogP contribution in [0.2, 0.25) is 5.02 Å². The predicted molar refractivity (Wildman–Crippen MR) is 148 cm³/mol. The highest BCUT2D eigenvalue weighted by Gasteiger charge is 2.42. The van der Waals surface area contributed by atoms with Gasteiger partial charge in [0.1, 0.15) is 29.9 Å². The Bertz CT molecular complexity index is 1450. The van der Waals surface area contributed by atoms with E-state index in [2.05, 4.69) is 10.3 Å². The Morgan fingerprint density at radius 1 is 1.13 bits per heavy atom. The van der Waals surface area contributed by atoms with Crippen molar-refractivity contribution in [3.63, 3.8) is 0 Å². The number of benzene rings is 2. The minimum Gasteiger partial charge on any atom is -0.490 e. The second-order valence-corrected chi connectivity index (χ2v) is 9.25. The number of thiocarbonyl (C=S) groups is 1. The van der Waals surface area contributed by atoms with Gasteiger partial charge in [0.15, 0.2) is 5.11 Å². The van der Waals surface area contributed by atoms with Crippen LogP contribution in [0.25, 0.3) is 11.3 Å². The molecular formula is C27H23ClN4O5S. The fourth-order valence-corrected chi connectivity index (χ4v) is 4.90. The molecule has 1 saturated heterocycles. The van der Waals surface area contributed by atoms with Gasteiger partial charge >= 0.3 is 0 Å². The summed E-state index contributed by atoms with van der Waals surface area (Å²) in [4.78, 5) is 17.1. The Hall–Kier alpha value is -3.99. The van der Waals surface area contributed by atoms with Crippen molar-refractivity contribution >= 4 is 40.3 Å². The molecular weight excluding hydrogens is 528 g/mol. The molecule has 5 rings (SSSR count). The minimum absolute atomic E-state index is 0.0128. The summed E-state index contributed by atoms with van der Waals surface area (Å²) < 4.78 is 17.1. The van der Waals surface area contributed by atoms with Gasteiger partial charge in [0.2, 0.25) is 0 Å². The zero-order chi connectivity index (χ0) is 26.6. The Kier molecular flexibility index (Phi) is 7.54. The third-order valence-electron chi connectivity index (χ3n) is 6.12. The summed E-state index contributed by atoms with van der Waals surface area (Å²) in [6.07, 6.45) is 1.73. The molecule has 0 bridgehead atoms. The lowest BCUT2D eigenvalue weighted by Crippen LogP contribution is -2.29. The van der Waals surface area contributed by atoms with Crippen LogP contribution in [0.3, 0.4) is 0 Å². The molecule has 0 amide bonds. The molecule has 0 saturated carbocycles. The van der Waals surface area contributed by atoms with Crippen molar-refractivity contribution in [3.8, 4) is 17.1 Å². The number of aromatic nitrogens is 1. The van der Waals surface area contributed by atoms with Crippen LogP contribution in [0.15, 0.2) is 83.4 Å². The van der Waals surface area contributed by atoms with E-state index in [1.54, 1.807) is 37.6 Å². The van der Waals surface area contributed by atoms with E-state index in [4.69, 9.17) is 37.7 Å². The maximum Gasteiger partial charge on any atom is 0.269 e. The van der Waals surface area contributed by atoms with Crippen molar-refractivity contribution in [2.45, 2.75) is 12.1 Å². The largest absolute Gasteiger partial charge is 0.490 e. The van der Waals surface area contributed by atoms with Crippen molar-refractivity contribution in [1.82, 2.24) is 10.3 Å². The van der Waals surface area contributed by atoms with Crippen molar-refractivity contribution < 1.29 is 18.8 Å². The maximum absolute atomic E-state index is 11.0. The van der Waals surface area contributed by atoms with Crippen LogP contribution in [0.4, 0.5) is 11.4 Å². The SMILES string of the molecule is COCCOc1ccc(N2C(=S)N[C@@H](c3ccccn3)[C@H]2c2ccc(-c3ccc([N+](=O)[O-])cc3)o2)cc1Cl. The van der Waals surface area contributed by atoms with Crippen molar-refractivity contribution in [3.05, 3.63) is 106 Å². The van der Waals surface area contributed by atoms with Gasteiger partial charge in [-0.1, -0.05) is 17.7 Å². The first-order valence-electron chi connectivity index (χ1n) is 11.7. The van der Waals surface area contributed by atoms with Gasteiger partial charge in [-0.3, -0.25) is 15.1 Å². The van der Waals surface area contributed by atoms with Crippen LogP contribution in [0.5, 0.6) is 5.75 Å². The molecule has 38 heavy (non-hydrogen) atoms. The van der Waals surface area contributed by atoms with Crippen molar-refractivity contribution in [2.75, 3.05) is 25.2 Å². The van der Waals surface area contributed by atoms with E-state index in [0.29, 0.717) is 40.6 Å². The summed E-state index contributed by atoms with van der Waals surface area (Å²) in [5.74, 6) is 1.76. The number of pyridine rings is 1. The number of anilines is 1. The number of hydrogen-bond acceptors (Lipinski definition) is 7. The fourth-order valence-electron chi connectivity index (χ4n) is 4.33. The van der Waals surface area contributed by atoms with Gasteiger partial charge in [-0.15, -0.1) is 0 Å². The molecule has 194 valence electrons. The molecule has 0 unspecified atom stereocenters. The zero-order valence-electron chi connectivity index (χ0n) is 20.2. The first kappa shape index (κ1) is 25.7. The number of rotatable bonds is 9. The van der Waals surface area contributed by atoms with E-state index in [0.717, 1.165) is 16.9 Å². The van der Waals surface area contributed by atoms with Gasteiger partial charge in [-0.2, -0.15) is 0 Å². The third-order valence-corrected chi connectivity index (χ3v) is 6.73. The van der Waals surface area contributed by atoms with Crippen LogP contribution in [-0.2, 0) is 4.74 Å². The molecule has 2 aromatic carbocycles.